The fourth-order valence-corrected chi connectivity index (χ4v) is 2.07. The van der Waals surface area contributed by atoms with Gasteiger partial charge in [-0.2, -0.15) is 0 Å². The molecular weight excluding hydrogens is 204 g/mol. The third kappa shape index (κ3) is 2.98. The quantitative estimate of drug-likeness (QED) is 0.318. The highest BCUT2D eigenvalue weighted by Crippen LogP contribution is 2.25. The Morgan fingerprint density at radius 3 is 2.62 bits per heavy atom. The van der Waals surface area contributed by atoms with Crippen molar-refractivity contribution in [1.29, 1.82) is 0 Å². The molecule has 1 saturated heterocycles. The van der Waals surface area contributed by atoms with E-state index in [1.807, 2.05) is 13.0 Å². The Hall–Kier alpha value is -1.03. The number of hydrogen-bond donors (Lipinski definition) is 0. The molecule has 1 rings (SSSR count). The van der Waals surface area contributed by atoms with E-state index in [2.05, 4.69) is 28.8 Å². The molecule has 0 aliphatic carbocycles. The van der Waals surface area contributed by atoms with E-state index >= 15 is 0 Å². The molecule has 1 fully saturated rings. The predicted octanol–water partition coefficient (Wildman–Crippen LogP) is 2.35. The maximum absolute atomic E-state index is 8.38. The van der Waals surface area contributed by atoms with Gasteiger partial charge >= 0.3 is 0 Å². The number of nitrogens with zero attached hydrogens (tertiary/aromatic N) is 4. The fourth-order valence-electron chi connectivity index (χ4n) is 2.07. The smallest absolute Gasteiger partial charge is 0.0594 e. The van der Waals surface area contributed by atoms with Crippen molar-refractivity contribution >= 4 is 0 Å². The van der Waals surface area contributed by atoms with Crippen molar-refractivity contribution in [3.05, 3.63) is 22.1 Å². The summed E-state index contributed by atoms with van der Waals surface area (Å²) in [6.45, 7) is 10.2. The first-order valence-corrected chi connectivity index (χ1v) is 5.62. The number of azide groups is 1. The molecule has 0 aromatic rings. The lowest BCUT2D eigenvalue weighted by Gasteiger charge is -2.42. The summed E-state index contributed by atoms with van der Waals surface area (Å²) >= 11 is 0. The second kappa shape index (κ2) is 5.89. The van der Waals surface area contributed by atoms with Crippen LogP contribution in [-0.4, -0.2) is 43.3 Å². The predicted molar refractivity (Wildman–Crippen MR) is 64.2 cm³/mol. The number of hydrogen-bond acceptors (Lipinski definition) is 3. The van der Waals surface area contributed by atoms with Crippen LogP contribution in [0.5, 0.6) is 0 Å². The van der Waals surface area contributed by atoms with Gasteiger partial charge in [-0.1, -0.05) is 11.2 Å². The Morgan fingerprint density at radius 2 is 2.12 bits per heavy atom. The molecule has 16 heavy (non-hydrogen) atoms. The largest absolute Gasteiger partial charge is 0.379 e. The van der Waals surface area contributed by atoms with E-state index in [1.54, 1.807) is 0 Å². The third-order valence-electron chi connectivity index (χ3n) is 3.24. The zero-order valence-electron chi connectivity index (χ0n) is 10.3. The van der Waals surface area contributed by atoms with Crippen LogP contribution < -0.4 is 0 Å². The molecule has 0 N–H and O–H groups in total. The van der Waals surface area contributed by atoms with Crippen LogP contribution >= 0.6 is 0 Å². The van der Waals surface area contributed by atoms with Crippen LogP contribution in [0, 0.1) is 0 Å². The van der Waals surface area contributed by atoms with Crippen LogP contribution in [0.4, 0.5) is 0 Å². The van der Waals surface area contributed by atoms with E-state index in [9.17, 15) is 0 Å². The van der Waals surface area contributed by atoms with Crippen LogP contribution in [0.25, 0.3) is 10.4 Å². The second-order valence-electron chi connectivity index (χ2n) is 4.36. The highest BCUT2D eigenvalue weighted by Gasteiger charge is 2.30. The number of rotatable bonds is 4. The normalized spacial score (nSPS) is 19.3. The van der Waals surface area contributed by atoms with Gasteiger partial charge in [0.25, 0.3) is 0 Å². The molecule has 1 heterocycles. The molecule has 1 aliphatic heterocycles. The minimum atomic E-state index is -0.0628. The summed E-state index contributed by atoms with van der Waals surface area (Å²) in [5.41, 5.74) is 9.48. The van der Waals surface area contributed by atoms with E-state index in [-0.39, 0.29) is 5.54 Å². The van der Waals surface area contributed by atoms with Crippen LogP contribution in [0.3, 0.4) is 0 Å². The van der Waals surface area contributed by atoms with Crippen molar-refractivity contribution in [3.63, 3.8) is 0 Å². The minimum absolute atomic E-state index is 0.0628. The average Bonchev–Trinajstić information content (AvgIpc) is 2.31. The summed E-state index contributed by atoms with van der Waals surface area (Å²) in [5.74, 6) is 0. The topological polar surface area (TPSA) is 61.2 Å². The van der Waals surface area contributed by atoms with Crippen LogP contribution in [0.15, 0.2) is 16.8 Å². The first-order chi connectivity index (χ1) is 7.62. The summed E-state index contributed by atoms with van der Waals surface area (Å²) in [6, 6.07) is 0. The van der Waals surface area contributed by atoms with Gasteiger partial charge in [0, 0.05) is 30.1 Å². The van der Waals surface area contributed by atoms with E-state index < -0.39 is 0 Å². The molecule has 0 radical (unpaired) electrons. The average molecular weight is 224 g/mol. The molecule has 1 aliphatic rings. The minimum Gasteiger partial charge on any atom is -0.379 e. The van der Waals surface area contributed by atoms with Crippen molar-refractivity contribution in [2.24, 2.45) is 5.11 Å². The summed E-state index contributed by atoms with van der Waals surface area (Å²) < 4.78 is 5.35. The van der Waals surface area contributed by atoms with E-state index in [4.69, 9.17) is 10.3 Å². The highest BCUT2D eigenvalue weighted by atomic mass is 16.5. The zero-order chi connectivity index (χ0) is 12.0. The lowest BCUT2D eigenvalue weighted by atomic mass is 9.91. The summed E-state index contributed by atoms with van der Waals surface area (Å²) in [6.07, 6.45) is 2.05. The highest BCUT2D eigenvalue weighted by molar-refractivity contribution is 5.19. The van der Waals surface area contributed by atoms with Crippen LogP contribution in [-0.2, 0) is 4.74 Å². The first-order valence-electron chi connectivity index (χ1n) is 5.62. The molecule has 0 aromatic carbocycles. The summed E-state index contributed by atoms with van der Waals surface area (Å²) in [4.78, 5) is 5.20. The monoisotopic (exact) mass is 224 g/mol. The Kier molecular flexibility index (Phi) is 4.80. The van der Waals surface area contributed by atoms with Gasteiger partial charge in [0.05, 0.1) is 13.2 Å². The Bertz CT molecular complexity index is 299. The number of allylic oxidation sites excluding steroid dienone is 1. The van der Waals surface area contributed by atoms with Gasteiger partial charge < -0.3 is 4.74 Å². The molecular formula is C11H20N4O. The summed E-state index contributed by atoms with van der Waals surface area (Å²) in [7, 11) is 0. The van der Waals surface area contributed by atoms with E-state index in [1.165, 1.54) is 0 Å². The molecule has 0 saturated carbocycles. The lowest BCUT2D eigenvalue weighted by molar-refractivity contribution is 0.00113. The van der Waals surface area contributed by atoms with Crippen LogP contribution in [0.2, 0.25) is 0 Å². The molecule has 90 valence electrons. The standard InChI is InChI=1S/C11H20N4O/c1-4-10(9-13-14-12)11(2,3)15-5-7-16-8-6-15/h4H,5-9H2,1-3H3/b10-4+. The van der Waals surface area contributed by atoms with Gasteiger partial charge in [-0.3, -0.25) is 4.90 Å². The first kappa shape index (κ1) is 13.0. The van der Waals surface area contributed by atoms with Crippen LogP contribution in [0.1, 0.15) is 20.8 Å². The SMILES string of the molecule is C/C=C(\CN=[N+]=[N-])C(C)(C)N1CCOCC1. The van der Waals surface area contributed by atoms with Crippen molar-refractivity contribution in [2.75, 3.05) is 32.8 Å². The van der Waals surface area contributed by atoms with E-state index in [0.717, 1.165) is 31.9 Å². The molecule has 0 unspecified atom stereocenters. The zero-order valence-corrected chi connectivity index (χ0v) is 10.3. The van der Waals surface area contributed by atoms with Crippen molar-refractivity contribution in [3.8, 4) is 0 Å². The van der Waals surface area contributed by atoms with Crippen molar-refractivity contribution < 1.29 is 4.74 Å². The maximum atomic E-state index is 8.38. The molecule has 0 bridgehead atoms. The Balaban J connectivity index is 2.75. The second-order valence-corrected chi connectivity index (χ2v) is 4.36. The van der Waals surface area contributed by atoms with Crippen molar-refractivity contribution in [1.82, 2.24) is 4.90 Å². The van der Waals surface area contributed by atoms with Gasteiger partial charge in [-0.15, -0.1) is 0 Å². The third-order valence-corrected chi connectivity index (χ3v) is 3.24. The molecule has 0 atom stereocenters. The van der Waals surface area contributed by atoms with Gasteiger partial charge in [0.2, 0.25) is 0 Å². The Morgan fingerprint density at radius 1 is 1.50 bits per heavy atom. The maximum Gasteiger partial charge on any atom is 0.0594 e. The molecule has 0 aromatic heterocycles. The van der Waals surface area contributed by atoms with Crippen molar-refractivity contribution in [2.45, 2.75) is 26.3 Å². The molecule has 5 nitrogen and oxygen atoms in total. The fraction of sp³-hybridized carbons (Fsp3) is 0.818. The number of morpholine rings is 1. The van der Waals surface area contributed by atoms with Gasteiger partial charge in [0.15, 0.2) is 0 Å². The van der Waals surface area contributed by atoms with E-state index in [0.29, 0.717) is 6.54 Å². The molecule has 5 heteroatoms. The number of ether oxygens (including phenoxy) is 1. The molecule has 0 spiro atoms. The summed E-state index contributed by atoms with van der Waals surface area (Å²) in [5, 5.41) is 3.66. The lowest BCUT2D eigenvalue weighted by Crippen LogP contribution is -2.51. The Labute approximate surface area is 96.7 Å². The van der Waals surface area contributed by atoms with Gasteiger partial charge in [0.1, 0.15) is 0 Å². The van der Waals surface area contributed by atoms with Gasteiger partial charge in [-0.25, -0.2) is 0 Å². The van der Waals surface area contributed by atoms with Gasteiger partial charge in [-0.05, 0) is 31.9 Å². The molecule has 0 amide bonds.